The Kier molecular flexibility index (Phi) is 30.7. The summed E-state index contributed by atoms with van der Waals surface area (Å²) in [5, 5.41) is 17.7. The summed E-state index contributed by atoms with van der Waals surface area (Å²) in [4.78, 5) is 110. The number of ether oxygens (including phenoxy) is 13. The highest BCUT2D eigenvalue weighted by atomic mass is 16.8. The lowest BCUT2D eigenvalue weighted by Gasteiger charge is -2.35. The second-order valence-electron chi connectivity index (χ2n) is 24.9. The Morgan fingerprint density at radius 2 is 1.36 bits per heavy atom. The highest BCUT2D eigenvalue weighted by molar-refractivity contribution is 6.03. The molecule has 1 saturated carbocycles. The van der Waals surface area contributed by atoms with Gasteiger partial charge in [0, 0.05) is 47.9 Å². The minimum atomic E-state index is -1.98. The molecule has 4 aromatic rings. The van der Waals surface area contributed by atoms with E-state index >= 15 is 0 Å². The molecule has 0 radical (unpaired) electrons. The van der Waals surface area contributed by atoms with E-state index in [1.807, 2.05) is 32.9 Å². The van der Waals surface area contributed by atoms with Crippen molar-refractivity contribution in [3.63, 3.8) is 0 Å². The Morgan fingerprint density at radius 3 is 1.96 bits per heavy atom. The number of nitrogens with one attached hydrogen (secondary N) is 3. The van der Waals surface area contributed by atoms with E-state index in [2.05, 4.69) is 39.3 Å². The summed E-state index contributed by atoms with van der Waals surface area (Å²) >= 11 is 0. The average Bonchev–Trinajstić information content (AvgIpc) is 1.49. The predicted octanol–water partition coefficient (Wildman–Crippen LogP) is 3.60. The molecule has 3 aromatic heterocycles. The molecule has 5 amide bonds. The van der Waals surface area contributed by atoms with E-state index in [-0.39, 0.29) is 104 Å². The van der Waals surface area contributed by atoms with Gasteiger partial charge in [0.05, 0.1) is 167 Å². The van der Waals surface area contributed by atoms with Gasteiger partial charge in [-0.3, -0.25) is 33.7 Å². The van der Waals surface area contributed by atoms with Crippen molar-refractivity contribution in [3.8, 4) is 11.4 Å². The van der Waals surface area contributed by atoms with Crippen LogP contribution in [0.25, 0.3) is 22.3 Å². The highest BCUT2D eigenvalue weighted by Crippen LogP contribution is 2.42. The van der Waals surface area contributed by atoms with Crippen LogP contribution in [-0.2, 0) is 129 Å². The fourth-order valence-electron chi connectivity index (χ4n) is 12.0. The van der Waals surface area contributed by atoms with Gasteiger partial charge in [0.25, 0.3) is 5.56 Å². The Morgan fingerprint density at radius 1 is 0.735 bits per heavy atom. The summed E-state index contributed by atoms with van der Waals surface area (Å²) in [6.07, 6.45) is 4.58. The van der Waals surface area contributed by atoms with E-state index in [1.54, 1.807) is 35.4 Å². The summed E-state index contributed by atoms with van der Waals surface area (Å²) in [6.45, 7) is 17.6. The van der Waals surface area contributed by atoms with Crippen LogP contribution in [-0.4, -0.2) is 223 Å². The molecule has 1 aromatic carbocycles. The van der Waals surface area contributed by atoms with Gasteiger partial charge in [-0.25, -0.2) is 19.3 Å². The molecule has 30 heteroatoms. The number of fused-ring (bicyclic) bond motifs is 5. The zero-order valence-electron chi connectivity index (χ0n) is 57.4. The van der Waals surface area contributed by atoms with Crippen LogP contribution in [0.3, 0.4) is 0 Å². The van der Waals surface area contributed by atoms with Crippen LogP contribution >= 0.6 is 0 Å². The third kappa shape index (κ3) is 22.1. The van der Waals surface area contributed by atoms with E-state index in [4.69, 9.17) is 66.6 Å². The van der Waals surface area contributed by atoms with E-state index in [1.165, 1.54) is 4.90 Å². The fourth-order valence-corrected chi connectivity index (χ4v) is 12.0. The number of pyridine rings is 2. The molecular formula is C68H97N9O21. The van der Waals surface area contributed by atoms with Gasteiger partial charge in [-0.2, -0.15) is 0 Å². The molecule has 3 unspecified atom stereocenters. The number of hydrogen-bond donors (Lipinski definition) is 3. The van der Waals surface area contributed by atoms with Gasteiger partial charge in [0.2, 0.25) is 35.1 Å². The van der Waals surface area contributed by atoms with Crippen molar-refractivity contribution in [1.82, 2.24) is 45.4 Å². The van der Waals surface area contributed by atoms with Crippen LogP contribution in [0.5, 0.6) is 0 Å². The van der Waals surface area contributed by atoms with E-state index in [0.717, 1.165) is 59.7 Å². The number of likely N-dealkylation sites (tertiary alicyclic amines) is 1. The second-order valence-corrected chi connectivity index (χ2v) is 24.9. The molecule has 2 fully saturated rings. The lowest BCUT2D eigenvalue weighted by Crippen LogP contribution is -2.47. The van der Waals surface area contributed by atoms with Gasteiger partial charge in [-0.15, -0.1) is 5.10 Å². The number of carbonyl (C=O) groups excluding carboxylic acids is 7. The molecule has 3 atom stereocenters. The van der Waals surface area contributed by atoms with Crippen LogP contribution in [0.15, 0.2) is 35.3 Å². The Labute approximate surface area is 570 Å². The van der Waals surface area contributed by atoms with Gasteiger partial charge >= 0.3 is 12.1 Å². The zero-order chi connectivity index (χ0) is 69.8. The number of rotatable bonds is 45. The Hall–Kier alpha value is -7.39. The normalized spacial score (nSPS) is 18.4. The van der Waals surface area contributed by atoms with Gasteiger partial charge in [-0.1, -0.05) is 51.5 Å². The van der Waals surface area contributed by atoms with Crippen LogP contribution in [0.1, 0.15) is 107 Å². The van der Waals surface area contributed by atoms with Crippen molar-refractivity contribution >= 4 is 52.6 Å². The molecule has 1 aliphatic carbocycles. The number of carbonyl (C=O) groups is 7. The summed E-state index contributed by atoms with van der Waals surface area (Å²) in [5.74, 6) is -2.16. The van der Waals surface area contributed by atoms with E-state index in [0.29, 0.717) is 142 Å². The molecule has 0 spiro atoms. The van der Waals surface area contributed by atoms with Gasteiger partial charge in [0.15, 0.2) is 6.79 Å². The number of amides is 5. The third-order valence-electron chi connectivity index (χ3n) is 17.5. The standard InChI is InChI=1S/C68H97N9O21/c1-7-51-52-33-46(5)9-14-56(52)72-62-53(51)39-76-58(62)35-55-54(65(76)83)40-96-66(84)68(55,8-2)98-67(85)97-44-95-41-57(45(3)4)71-60(79)43-94-42-59(78)69-15-17-86-19-21-88-23-25-90-27-29-92-31-32-93-30-28-91-26-24-89-22-20-87-18-16-75-38-50(73-74-75)36-70-63(81)49-12-10-48(11-13-49)37-77-61(80)34-47(6)64(77)82/h9,14,33,35,38,45,47-49,57H,7-8,10-13,15-32,34,36-37,39-44H2,1-6H3,(H,69,78)(H,70,81)(H,71,79). The van der Waals surface area contributed by atoms with Crippen LogP contribution in [0, 0.1) is 30.6 Å². The summed E-state index contributed by atoms with van der Waals surface area (Å²) in [5.41, 5.74) is 3.76. The van der Waals surface area contributed by atoms with Crippen molar-refractivity contribution < 1.29 is 95.1 Å². The Balaban J connectivity index is 0.546. The first-order chi connectivity index (χ1) is 47.5. The van der Waals surface area contributed by atoms with Crippen molar-refractivity contribution in [3.05, 3.63) is 74.3 Å². The highest BCUT2D eigenvalue weighted by Gasteiger charge is 2.51. The number of hydrogen-bond acceptors (Lipinski definition) is 24. The monoisotopic (exact) mass is 1380 g/mol. The van der Waals surface area contributed by atoms with Crippen molar-refractivity contribution in [2.24, 2.45) is 23.7 Å². The first-order valence-electron chi connectivity index (χ1n) is 34.1. The molecule has 98 heavy (non-hydrogen) atoms. The molecule has 6 heterocycles. The Bertz CT molecular complexity index is 3350. The van der Waals surface area contributed by atoms with Crippen molar-refractivity contribution in [2.75, 3.05) is 145 Å². The second kappa shape index (κ2) is 39.4. The molecule has 4 aliphatic rings. The van der Waals surface area contributed by atoms with E-state index < -0.39 is 49.0 Å². The quantitative estimate of drug-likeness (QED) is 0.0217. The lowest BCUT2D eigenvalue weighted by molar-refractivity contribution is -0.177. The number of esters is 1. The van der Waals surface area contributed by atoms with Crippen LogP contribution in [0.2, 0.25) is 0 Å². The zero-order valence-corrected chi connectivity index (χ0v) is 57.4. The minimum Gasteiger partial charge on any atom is -0.457 e. The fraction of sp³-hybridized carbons (Fsp3) is 0.662. The largest absolute Gasteiger partial charge is 0.511 e. The number of cyclic esters (lactones) is 1. The first-order valence-corrected chi connectivity index (χ1v) is 34.1. The minimum absolute atomic E-state index is 0.0136. The number of aryl methyl sites for hydroxylation is 2. The molecule has 1 saturated heterocycles. The maximum atomic E-state index is 14.1. The first kappa shape index (κ1) is 76.4. The number of benzene rings is 1. The van der Waals surface area contributed by atoms with Gasteiger partial charge in [-0.05, 0) is 81.0 Å². The topological polar surface area (TPSA) is 344 Å². The lowest BCUT2D eigenvalue weighted by atomic mass is 9.81. The maximum absolute atomic E-state index is 14.1. The van der Waals surface area contributed by atoms with Crippen molar-refractivity contribution in [1.29, 1.82) is 0 Å². The summed E-state index contributed by atoms with van der Waals surface area (Å²) in [6, 6.07) is 7.20. The summed E-state index contributed by atoms with van der Waals surface area (Å²) in [7, 11) is 0. The number of imide groups is 1. The molecule has 3 N–H and O–H groups in total. The van der Waals surface area contributed by atoms with E-state index in [9.17, 15) is 38.4 Å². The molecule has 30 nitrogen and oxygen atoms in total. The van der Waals surface area contributed by atoms with Gasteiger partial charge < -0.3 is 82.1 Å². The molecule has 8 rings (SSSR count). The molecule has 3 aliphatic heterocycles. The third-order valence-corrected chi connectivity index (χ3v) is 17.5. The van der Waals surface area contributed by atoms with Crippen LogP contribution in [0.4, 0.5) is 4.79 Å². The summed E-state index contributed by atoms with van der Waals surface area (Å²) < 4.78 is 75.1. The molecular weight excluding hydrogens is 1280 g/mol. The number of aromatic nitrogens is 5. The predicted molar refractivity (Wildman–Crippen MR) is 350 cm³/mol. The van der Waals surface area contributed by atoms with Gasteiger partial charge in [0.1, 0.15) is 25.5 Å². The van der Waals surface area contributed by atoms with Crippen molar-refractivity contribution in [2.45, 2.75) is 124 Å². The average molecular weight is 1380 g/mol. The maximum Gasteiger partial charge on any atom is 0.511 e. The molecule has 540 valence electrons. The van der Waals surface area contributed by atoms with Crippen LogP contribution < -0.4 is 21.5 Å². The smallest absolute Gasteiger partial charge is 0.457 e. The number of nitrogens with zero attached hydrogens (tertiary/aromatic N) is 6. The molecule has 0 bridgehead atoms. The SMILES string of the molecule is CCc1c2c(nc3ccc(C)cc13)-c1cc3c(c(=O)n1C2)COC(=O)C3(CC)OC(=O)OCOCC(NC(=O)COCC(=O)NCCOCCOCCOCCOCCOCCOCCOCCOCCn1cc(CNC(=O)C2CCC(CN3C(=O)CC(C)C3=O)CC2)nn1)C(C)C.